The second-order valence-electron chi connectivity index (χ2n) is 4.90. The standard InChI is InChI=1S/C11H20O4/c1-5-7(12)8-6(2)9-10(13-8)15-11(3,4)14-9/h6-10,12H,5H2,1-4H3/t6-,7?,8+,9-,10-/m1/s1. The number of aliphatic hydroxyl groups excluding tert-OH is 1. The number of hydrogen-bond donors (Lipinski definition) is 1. The van der Waals surface area contributed by atoms with Gasteiger partial charge in [-0.05, 0) is 20.3 Å². The molecule has 0 aromatic heterocycles. The van der Waals surface area contributed by atoms with Gasteiger partial charge in [-0.1, -0.05) is 13.8 Å². The number of ether oxygens (including phenoxy) is 3. The zero-order chi connectivity index (χ0) is 11.2. The van der Waals surface area contributed by atoms with Gasteiger partial charge in [0.2, 0.25) is 0 Å². The van der Waals surface area contributed by atoms with E-state index in [1.54, 1.807) is 0 Å². The Kier molecular flexibility index (Phi) is 2.79. The summed E-state index contributed by atoms with van der Waals surface area (Å²) < 4.78 is 17.1. The molecule has 2 saturated heterocycles. The van der Waals surface area contributed by atoms with Crippen molar-refractivity contribution < 1.29 is 19.3 Å². The van der Waals surface area contributed by atoms with Crippen molar-refractivity contribution in [1.29, 1.82) is 0 Å². The van der Waals surface area contributed by atoms with Crippen molar-refractivity contribution in [3.63, 3.8) is 0 Å². The van der Waals surface area contributed by atoms with Crippen LogP contribution in [0, 0.1) is 5.92 Å². The minimum absolute atomic E-state index is 0.0498. The average molecular weight is 216 g/mol. The third kappa shape index (κ3) is 1.91. The molecule has 4 heteroatoms. The molecule has 0 saturated carbocycles. The van der Waals surface area contributed by atoms with E-state index in [-0.39, 0.29) is 24.4 Å². The molecule has 2 aliphatic rings. The fraction of sp³-hybridized carbons (Fsp3) is 1.00. The van der Waals surface area contributed by atoms with Crippen molar-refractivity contribution in [1.82, 2.24) is 0 Å². The first-order chi connectivity index (χ1) is 6.94. The third-order valence-corrected chi connectivity index (χ3v) is 3.21. The molecule has 0 aromatic rings. The molecule has 2 aliphatic heterocycles. The van der Waals surface area contributed by atoms with E-state index in [1.165, 1.54) is 0 Å². The molecular formula is C11H20O4. The zero-order valence-electron chi connectivity index (χ0n) is 9.77. The van der Waals surface area contributed by atoms with E-state index in [4.69, 9.17) is 14.2 Å². The molecule has 0 aromatic carbocycles. The van der Waals surface area contributed by atoms with Gasteiger partial charge in [0, 0.05) is 5.92 Å². The number of fused-ring (bicyclic) bond motifs is 1. The van der Waals surface area contributed by atoms with Crippen LogP contribution in [0.15, 0.2) is 0 Å². The smallest absolute Gasteiger partial charge is 0.187 e. The first-order valence-electron chi connectivity index (χ1n) is 5.64. The fourth-order valence-electron chi connectivity index (χ4n) is 2.36. The van der Waals surface area contributed by atoms with Gasteiger partial charge < -0.3 is 19.3 Å². The topological polar surface area (TPSA) is 47.9 Å². The van der Waals surface area contributed by atoms with Crippen LogP contribution in [0.2, 0.25) is 0 Å². The molecule has 0 amide bonds. The first-order valence-corrected chi connectivity index (χ1v) is 5.64. The minimum Gasteiger partial charge on any atom is -0.390 e. The number of hydrogen-bond acceptors (Lipinski definition) is 4. The molecule has 5 atom stereocenters. The summed E-state index contributed by atoms with van der Waals surface area (Å²) in [5.41, 5.74) is 0. The van der Waals surface area contributed by atoms with E-state index in [2.05, 4.69) is 0 Å². The van der Waals surface area contributed by atoms with Gasteiger partial charge in [-0.25, -0.2) is 0 Å². The summed E-state index contributed by atoms with van der Waals surface area (Å²) in [7, 11) is 0. The first kappa shape index (κ1) is 11.3. The Labute approximate surface area is 90.5 Å². The van der Waals surface area contributed by atoms with Crippen LogP contribution in [0.4, 0.5) is 0 Å². The van der Waals surface area contributed by atoms with E-state index in [9.17, 15) is 5.11 Å². The van der Waals surface area contributed by atoms with Crippen LogP contribution in [0.5, 0.6) is 0 Å². The van der Waals surface area contributed by atoms with Crippen LogP contribution in [0.3, 0.4) is 0 Å². The predicted octanol–water partition coefficient (Wildman–Crippen LogP) is 1.27. The van der Waals surface area contributed by atoms with Crippen molar-refractivity contribution in [2.24, 2.45) is 5.92 Å². The quantitative estimate of drug-likeness (QED) is 0.755. The third-order valence-electron chi connectivity index (χ3n) is 3.21. The largest absolute Gasteiger partial charge is 0.390 e. The molecule has 0 aliphatic carbocycles. The Bertz CT molecular complexity index is 241. The molecule has 2 heterocycles. The Morgan fingerprint density at radius 2 is 2.00 bits per heavy atom. The fourth-order valence-corrected chi connectivity index (χ4v) is 2.36. The van der Waals surface area contributed by atoms with Crippen molar-refractivity contribution >= 4 is 0 Å². The summed E-state index contributed by atoms with van der Waals surface area (Å²) in [6, 6.07) is 0. The van der Waals surface area contributed by atoms with Gasteiger partial charge in [-0.15, -0.1) is 0 Å². The molecule has 0 spiro atoms. The van der Waals surface area contributed by atoms with E-state index >= 15 is 0 Å². The minimum atomic E-state index is -0.564. The maximum atomic E-state index is 9.78. The Balaban J connectivity index is 2.05. The highest BCUT2D eigenvalue weighted by atomic mass is 16.8. The lowest BCUT2D eigenvalue weighted by Gasteiger charge is -2.25. The summed E-state index contributed by atoms with van der Waals surface area (Å²) >= 11 is 0. The van der Waals surface area contributed by atoms with E-state index in [0.717, 1.165) is 0 Å². The maximum absolute atomic E-state index is 9.78. The van der Waals surface area contributed by atoms with Gasteiger partial charge >= 0.3 is 0 Å². The van der Waals surface area contributed by atoms with E-state index in [0.29, 0.717) is 6.42 Å². The SMILES string of the molecule is CCC(O)[C@H]1O[C@@H]2OC(C)(C)O[C@@H]2[C@@H]1C. The lowest BCUT2D eigenvalue weighted by molar-refractivity contribution is -0.219. The second kappa shape index (κ2) is 3.70. The summed E-state index contributed by atoms with van der Waals surface area (Å²) in [5.74, 6) is -0.391. The van der Waals surface area contributed by atoms with E-state index < -0.39 is 11.9 Å². The van der Waals surface area contributed by atoms with Gasteiger partial charge in [-0.2, -0.15) is 0 Å². The monoisotopic (exact) mass is 216 g/mol. The summed E-state index contributed by atoms with van der Waals surface area (Å²) in [6.07, 6.45) is -0.271. The molecule has 4 nitrogen and oxygen atoms in total. The van der Waals surface area contributed by atoms with Crippen LogP contribution in [0.25, 0.3) is 0 Å². The van der Waals surface area contributed by atoms with Gasteiger partial charge in [0.05, 0.1) is 12.2 Å². The molecule has 2 rings (SSSR count). The lowest BCUT2D eigenvalue weighted by atomic mass is 9.96. The van der Waals surface area contributed by atoms with Gasteiger partial charge in [0.25, 0.3) is 0 Å². The number of aliphatic hydroxyl groups is 1. The van der Waals surface area contributed by atoms with Gasteiger partial charge in [0.1, 0.15) is 6.10 Å². The van der Waals surface area contributed by atoms with Crippen molar-refractivity contribution in [2.75, 3.05) is 0 Å². The molecule has 2 fully saturated rings. The lowest BCUT2D eigenvalue weighted by Crippen LogP contribution is -2.35. The van der Waals surface area contributed by atoms with Gasteiger partial charge in [-0.3, -0.25) is 0 Å². The van der Waals surface area contributed by atoms with Crippen LogP contribution in [0.1, 0.15) is 34.1 Å². The Hall–Kier alpha value is -0.160. The number of rotatable bonds is 2. The average Bonchev–Trinajstić information content (AvgIpc) is 2.60. The molecule has 0 bridgehead atoms. The van der Waals surface area contributed by atoms with Crippen LogP contribution < -0.4 is 0 Å². The molecular weight excluding hydrogens is 196 g/mol. The Morgan fingerprint density at radius 1 is 1.33 bits per heavy atom. The van der Waals surface area contributed by atoms with Crippen LogP contribution in [-0.4, -0.2) is 35.5 Å². The normalized spacial score (nSPS) is 45.4. The second-order valence-corrected chi connectivity index (χ2v) is 4.90. The van der Waals surface area contributed by atoms with E-state index in [1.807, 2.05) is 27.7 Å². The zero-order valence-corrected chi connectivity index (χ0v) is 9.77. The molecule has 0 radical (unpaired) electrons. The molecule has 1 unspecified atom stereocenters. The van der Waals surface area contributed by atoms with Gasteiger partial charge in [0.15, 0.2) is 12.1 Å². The van der Waals surface area contributed by atoms with Crippen molar-refractivity contribution in [3.8, 4) is 0 Å². The summed E-state index contributed by atoms with van der Waals surface area (Å²) in [4.78, 5) is 0. The van der Waals surface area contributed by atoms with Crippen molar-refractivity contribution in [2.45, 2.75) is 64.5 Å². The maximum Gasteiger partial charge on any atom is 0.187 e. The highest BCUT2D eigenvalue weighted by Crippen LogP contribution is 2.41. The van der Waals surface area contributed by atoms with Crippen molar-refractivity contribution in [3.05, 3.63) is 0 Å². The summed E-state index contributed by atoms with van der Waals surface area (Å²) in [5, 5.41) is 9.78. The molecule has 15 heavy (non-hydrogen) atoms. The van der Waals surface area contributed by atoms with Crippen LogP contribution in [-0.2, 0) is 14.2 Å². The highest BCUT2D eigenvalue weighted by Gasteiger charge is 2.54. The highest BCUT2D eigenvalue weighted by molar-refractivity contribution is 4.92. The summed E-state index contributed by atoms with van der Waals surface area (Å²) in [6.45, 7) is 7.75. The molecule has 88 valence electrons. The Morgan fingerprint density at radius 3 is 2.53 bits per heavy atom. The molecule has 1 N–H and O–H groups in total. The van der Waals surface area contributed by atoms with Crippen LogP contribution >= 0.6 is 0 Å². The predicted molar refractivity (Wildman–Crippen MR) is 54.2 cm³/mol.